The van der Waals surface area contributed by atoms with E-state index in [9.17, 15) is 13.6 Å². The van der Waals surface area contributed by atoms with Crippen molar-refractivity contribution in [2.75, 3.05) is 23.7 Å². The number of halogens is 2. The standard InChI is InChI=1S/C26H32F2N8O/c1-4-5-8-18-11-24(35-25(33-18)26(3,27)28)34-21-12-23(32-17(2)37)31-14-20(21)22-15-29-19(13-30-22)16-36-9-6-7-10-36/h11-15H,4-10,16H2,1-3H3,(H2,31,32,33,34,35,37). The number of pyridine rings is 1. The van der Waals surface area contributed by atoms with Crippen molar-refractivity contribution in [1.29, 1.82) is 0 Å². The Kier molecular flexibility index (Phi) is 8.32. The second-order valence-corrected chi connectivity index (χ2v) is 9.36. The van der Waals surface area contributed by atoms with E-state index in [0.29, 0.717) is 34.9 Å². The minimum Gasteiger partial charge on any atom is -0.339 e. The largest absolute Gasteiger partial charge is 0.339 e. The fourth-order valence-corrected chi connectivity index (χ4v) is 4.14. The monoisotopic (exact) mass is 510 g/mol. The van der Waals surface area contributed by atoms with Crippen molar-refractivity contribution in [2.45, 2.75) is 65.3 Å². The SMILES string of the molecule is CCCCc1cc(Nc2cc(NC(C)=O)ncc2-c2cnc(CN3CCCC3)cn2)nc(C(C)(F)F)n1. The van der Waals surface area contributed by atoms with Crippen LogP contribution in [0.4, 0.5) is 26.1 Å². The van der Waals surface area contributed by atoms with Crippen LogP contribution in [0, 0.1) is 0 Å². The molecule has 0 bridgehead atoms. The molecule has 1 fully saturated rings. The van der Waals surface area contributed by atoms with Crippen LogP contribution in [0.3, 0.4) is 0 Å². The normalized spacial score (nSPS) is 14.1. The number of nitrogens with zero attached hydrogens (tertiary/aromatic N) is 6. The molecular formula is C26H32F2N8O. The highest BCUT2D eigenvalue weighted by molar-refractivity contribution is 5.89. The molecule has 0 aromatic carbocycles. The molecule has 196 valence electrons. The van der Waals surface area contributed by atoms with Crippen molar-refractivity contribution >= 4 is 23.2 Å². The number of anilines is 3. The number of nitrogens with one attached hydrogen (secondary N) is 2. The highest BCUT2D eigenvalue weighted by atomic mass is 19.3. The fourth-order valence-electron chi connectivity index (χ4n) is 4.14. The Morgan fingerprint density at radius 1 is 1.03 bits per heavy atom. The van der Waals surface area contributed by atoms with Gasteiger partial charge >= 0.3 is 5.92 Å². The summed E-state index contributed by atoms with van der Waals surface area (Å²) >= 11 is 0. The van der Waals surface area contributed by atoms with Crippen LogP contribution in [-0.4, -0.2) is 48.8 Å². The van der Waals surface area contributed by atoms with Gasteiger partial charge in [0.15, 0.2) is 0 Å². The number of alkyl halides is 2. The molecule has 11 heteroatoms. The molecule has 0 spiro atoms. The molecule has 1 aliphatic heterocycles. The van der Waals surface area contributed by atoms with Gasteiger partial charge in [-0.3, -0.25) is 19.7 Å². The highest BCUT2D eigenvalue weighted by Gasteiger charge is 2.29. The molecule has 1 saturated heterocycles. The van der Waals surface area contributed by atoms with Gasteiger partial charge in [0.25, 0.3) is 0 Å². The molecular weight excluding hydrogens is 478 g/mol. The summed E-state index contributed by atoms with van der Waals surface area (Å²) in [6.07, 6.45) is 9.65. The van der Waals surface area contributed by atoms with Gasteiger partial charge in [-0.2, -0.15) is 8.78 Å². The molecule has 1 amide bonds. The number of unbranched alkanes of at least 4 members (excludes halogenated alkanes) is 1. The van der Waals surface area contributed by atoms with Crippen LogP contribution in [0.25, 0.3) is 11.3 Å². The number of likely N-dealkylation sites (tertiary alicyclic amines) is 1. The molecule has 2 N–H and O–H groups in total. The number of rotatable bonds is 10. The molecule has 0 atom stereocenters. The third kappa shape index (κ3) is 7.22. The Labute approximate surface area is 215 Å². The van der Waals surface area contributed by atoms with Gasteiger partial charge in [0.1, 0.15) is 11.6 Å². The lowest BCUT2D eigenvalue weighted by Crippen LogP contribution is -2.19. The molecule has 4 heterocycles. The summed E-state index contributed by atoms with van der Waals surface area (Å²) in [4.78, 5) is 35.6. The van der Waals surface area contributed by atoms with Gasteiger partial charge in [0, 0.05) is 50.0 Å². The lowest BCUT2D eigenvalue weighted by molar-refractivity contribution is -0.114. The van der Waals surface area contributed by atoms with Gasteiger partial charge < -0.3 is 10.6 Å². The van der Waals surface area contributed by atoms with Gasteiger partial charge in [-0.1, -0.05) is 13.3 Å². The van der Waals surface area contributed by atoms with E-state index in [1.165, 1.54) is 19.8 Å². The zero-order chi connectivity index (χ0) is 26.4. The summed E-state index contributed by atoms with van der Waals surface area (Å²) in [5.74, 6) is -3.50. The zero-order valence-corrected chi connectivity index (χ0v) is 21.4. The van der Waals surface area contributed by atoms with Crippen molar-refractivity contribution in [1.82, 2.24) is 29.8 Å². The van der Waals surface area contributed by atoms with Crippen LogP contribution in [-0.2, 0) is 23.7 Å². The van der Waals surface area contributed by atoms with Crippen LogP contribution < -0.4 is 10.6 Å². The van der Waals surface area contributed by atoms with E-state index in [1.807, 2.05) is 6.92 Å². The van der Waals surface area contributed by atoms with Gasteiger partial charge in [-0.25, -0.2) is 15.0 Å². The van der Waals surface area contributed by atoms with Crippen molar-refractivity contribution in [2.24, 2.45) is 0 Å². The van der Waals surface area contributed by atoms with E-state index < -0.39 is 11.7 Å². The minimum atomic E-state index is -3.20. The predicted octanol–water partition coefficient (Wildman–Crippen LogP) is 5.08. The smallest absolute Gasteiger partial charge is 0.303 e. The number of hydrogen-bond donors (Lipinski definition) is 2. The van der Waals surface area contributed by atoms with Crippen molar-refractivity contribution in [3.63, 3.8) is 0 Å². The van der Waals surface area contributed by atoms with Gasteiger partial charge in [-0.15, -0.1) is 0 Å². The first-order valence-corrected chi connectivity index (χ1v) is 12.6. The van der Waals surface area contributed by atoms with Crippen LogP contribution in [0.15, 0.2) is 30.7 Å². The van der Waals surface area contributed by atoms with Crippen LogP contribution in [0.1, 0.15) is 63.7 Å². The van der Waals surface area contributed by atoms with E-state index in [4.69, 9.17) is 0 Å². The van der Waals surface area contributed by atoms with E-state index in [1.54, 1.807) is 30.7 Å². The number of carbonyl (C=O) groups is 1. The average Bonchev–Trinajstić information content (AvgIpc) is 3.36. The summed E-state index contributed by atoms with van der Waals surface area (Å²) in [6, 6.07) is 3.28. The Hall–Kier alpha value is -3.60. The van der Waals surface area contributed by atoms with Crippen molar-refractivity contribution in [3.05, 3.63) is 47.9 Å². The van der Waals surface area contributed by atoms with Crippen molar-refractivity contribution in [3.8, 4) is 11.3 Å². The lowest BCUT2D eigenvalue weighted by atomic mass is 10.1. The number of aromatic nitrogens is 5. The maximum Gasteiger partial charge on any atom is 0.303 e. The molecule has 3 aromatic heterocycles. The maximum atomic E-state index is 14.2. The van der Waals surface area contributed by atoms with E-state index in [2.05, 4.69) is 40.5 Å². The predicted molar refractivity (Wildman–Crippen MR) is 138 cm³/mol. The van der Waals surface area contributed by atoms with E-state index in [0.717, 1.165) is 45.1 Å². The Morgan fingerprint density at radius 3 is 2.46 bits per heavy atom. The van der Waals surface area contributed by atoms with Gasteiger partial charge in [-0.05, 0) is 38.8 Å². The first-order valence-electron chi connectivity index (χ1n) is 12.6. The van der Waals surface area contributed by atoms with Crippen LogP contribution in [0.2, 0.25) is 0 Å². The maximum absolute atomic E-state index is 14.2. The number of aryl methyl sites for hydroxylation is 1. The van der Waals surface area contributed by atoms with E-state index in [-0.39, 0.29) is 11.7 Å². The number of amides is 1. The zero-order valence-electron chi connectivity index (χ0n) is 21.4. The van der Waals surface area contributed by atoms with E-state index >= 15 is 0 Å². The molecule has 3 aromatic rings. The first kappa shape index (κ1) is 26.5. The molecule has 0 radical (unpaired) electrons. The molecule has 0 aliphatic carbocycles. The molecule has 0 saturated carbocycles. The first-order chi connectivity index (χ1) is 17.7. The summed E-state index contributed by atoms with van der Waals surface area (Å²) in [5.41, 5.74) is 3.03. The van der Waals surface area contributed by atoms with Crippen LogP contribution in [0.5, 0.6) is 0 Å². The Morgan fingerprint density at radius 2 is 1.81 bits per heavy atom. The molecule has 4 rings (SSSR count). The summed E-state index contributed by atoms with van der Waals surface area (Å²) in [5, 5.41) is 5.79. The summed E-state index contributed by atoms with van der Waals surface area (Å²) in [6.45, 7) is 7.05. The lowest BCUT2D eigenvalue weighted by Gasteiger charge is -2.16. The van der Waals surface area contributed by atoms with Crippen molar-refractivity contribution < 1.29 is 13.6 Å². The quantitative estimate of drug-likeness (QED) is 0.389. The number of hydrogen-bond acceptors (Lipinski definition) is 8. The minimum absolute atomic E-state index is 0.220. The van der Waals surface area contributed by atoms with Gasteiger partial charge in [0.2, 0.25) is 11.7 Å². The number of carbonyl (C=O) groups excluding carboxylic acids is 1. The summed E-state index contributed by atoms with van der Waals surface area (Å²) < 4.78 is 28.4. The molecule has 1 aliphatic rings. The Balaban J connectivity index is 1.68. The third-order valence-corrected chi connectivity index (χ3v) is 5.99. The summed E-state index contributed by atoms with van der Waals surface area (Å²) in [7, 11) is 0. The molecule has 37 heavy (non-hydrogen) atoms. The highest BCUT2D eigenvalue weighted by Crippen LogP contribution is 2.32. The topological polar surface area (TPSA) is 109 Å². The average molecular weight is 511 g/mol. The second kappa shape index (κ2) is 11.6. The Bertz CT molecular complexity index is 1220. The second-order valence-electron chi connectivity index (χ2n) is 9.36. The van der Waals surface area contributed by atoms with Gasteiger partial charge in [0.05, 0.1) is 29.5 Å². The van der Waals surface area contributed by atoms with Crippen LogP contribution >= 0.6 is 0 Å². The molecule has 9 nitrogen and oxygen atoms in total. The third-order valence-electron chi connectivity index (χ3n) is 5.99. The fraction of sp³-hybridized carbons (Fsp3) is 0.462. The molecule has 0 unspecified atom stereocenters.